The molecule has 0 spiro atoms. The fourth-order valence-corrected chi connectivity index (χ4v) is 3.38. The van der Waals surface area contributed by atoms with Crippen LogP contribution in [0, 0.1) is 11.6 Å². The molecule has 0 aliphatic rings. The minimum atomic E-state index is -0.791. The Morgan fingerprint density at radius 2 is 1.78 bits per heavy atom. The molecule has 0 N–H and O–H groups in total. The molecular formula is C21H16F2O3S. The Morgan fingerprint density at radius 1 is 1.00 bits per heavy atom. The summed E-state index contributed by atoms with van der Waals surface area (Å²) in [6.07, 6.45) is 0.434. The summed E-state index contributed by atoms with van der Waals surface area (Å²) in [6, 6.07) is 16.6. The predicted octanol–water partition coefficient (Wildman–Crippen LogP) is 5.52. The standard InChI is InChI=1S/C21H16F2O3S/c1-25-20-11-17(27-21-15(12-24)9-16(22)10-18(21)23)7-8-19(20)26-13-14-5-3-2-4-6-14/h2-12H,13H2,1H3. The molecule has 0 aliphatic carbocycles. The molecule has 0 amide bonds. The second-order valence-corrected chi connectivity index (χ2v) is 6.70. The van der Waals surface area contributed by atoms with Gasteiger partial charge in [-0.1, -0.05) is 42.1 Å². The molecular weight excluding hydrogens is 370 g/mol. The SMILES string of the molecule is COc1cc(Sc2c(F)cc(F)cc2C=O)ccc1OCc1ccccc1. The van der Waals surface area contributed by atoms with E-state index in [1.807, 2.05) is 30.3 Å². The molecule has 0 fully saturated rings. The lowest BCUT2D eigenvalue weighted by Crippen LogP contribution is -1.98. The number of carbonyl (C=O) groups excluding carboxylic acids is 1. The van der Waals surface area contributed by atoms with Gasteiger partial charge in [-0.3, -0.25) is 4.79 Å². The lowest BCUT2D eigenvalue weighted by molar-refractivity contribution is 0.111. The summed E-state index contributed by atoms with van der Waals surface area (Å²) in [5.74, 6) is -0.557. The average molecular weight is 386 g/mol. The summed E-state index contributed by atoms with van der Waals surface area (Å²) in [5.41, 5.74) is 0.975. The van der Waals surface area contributed by atoms with E-state index in [1.54, 1.807) is 18.2 Å². The van der Waals surface area contributed by atoms with Gasteiger partial charge in [-0.15, -0.1) is 0 Å². The Morgan fingerprint density at radius 3 is 2.48 bits per heavy atom. The first-order chi connectivity index (χ1) is 13.1. The molecule has 27 heavy (non-hydrogen) atoms. The van der Waals surface area contributed by atoms with Crippen LogP contribution in [0.4, 0.5) is 8.78 Å². The van der Waals surface area contributed by atoms with Gasteiger partial charge in [-0.25, -0.2) is 8.78 Å². The highest BCUT2D eigenvalue weighted by Gasteiger charge is 2.14. The zero-order chi connectivity index (χ0) is 19.2. The molecule has 0 heterocycles. The minimum absolute atomic E-state index is 0.0409. The molecule has 0 aliphatic heterocycles. The van der Waals surface area contributed by atoms with E-state index in [-0.39, 0.29) is 10.5 Å². The van der Waals surface area contributed by atoms with Crippen LogP contribution in [-0.4, -0.2) is 13.4 Å². The lowest BCUT2D eigenvalue weighted by atomic mass is 10.2. The second-order valence-electron chi connectivity index (χ2n) is 5.61. The van der Waals surface area contributed by atoms with E-state index >= 15 is 0 Å². The van der Waals surface area contributed by atoms with Gasteiger partial charge in [0.1, 0.15) is 18.2 Å². The number of hydrogen-bond acceptors (Lipinski definition) is 4. The molecule has 3 nitrogen and oxygen atoms in total. The third-order valence-corrected chi connectivity index (χ3v) is 4.88. The first kappa shape index (κ1) is 18.9. The number of aldehydes is 1. The maximum Gasteiger partial charge on any atom is 0.161 e. The Labute approximate surface area is 159 Å². The molecule has 0 unspecified atom stereocenters. The predicted molar refractivity (Wildman–Crippen MR) is 99.6 cm³/mol. The first-order valence-corrected chi connectivity index (χ1v) is 8.89. The van der Waals surface area contributed by atoms with Crippen LogP contribution in [0.1, 0.15) is 15.9 Å². The Kier molecular flexibility index (Phi) is 6.08. The van der Waals surface area contributed by atoms with Crippen molar-refractivity contribution in [2.24, 2.45) is 0 Å². The van der Waals surface area contributed by atoms with Crippen molar-refractivity contribution in [2.75, 3.05) is 7.11 Å². The molecule has 3 rings (SSSR count). The molecule has 0 saturated carbocycles. The van der Waals surface area contributed by atoms with Gasteiger partial charge >= 0.3 is 0 Å². The molecule has 3 aromatic rings. The summed E-state index contributed by atoms with van der Waals surface area (Å²) < 4.78 is 38.5. The summed E-state index contributed by atoms with van der Waals surface area (Å²) in [4.78, 5) is 11.8. The number of hydrogen-bond donors (Lipinski definition) is 0. The van der Waals surface area contributed by atoms with E-state index in [4.69, 9.17) is 9.47 Å². The quantitative estimate of drug-likeness (QED) is 0.501. The van der Waals surface area contributed by atoms with Crippen molar-refractivity contribution in [1.29, 1.82) is 0 Å². The van der Waals surface area contributed by atoms with E-state index in [0.717, 1.165) is 29.5 Å². The number of methoxy groups -OCH3 is 1. The summed E-state index contributed by atoms with van der Waals surface area (Å²) >= 11 is 1.02. The largest absolute Gasteiger partial charge is 0.493 e. The summed E-state index contributed by atoms with van der Waals surface area (Å²) in [7, 11) is 1.51. The number of carbonyl (C=O) groups is 1. The number of ether oxygens (including phenoxy) is 2. The minimum Gasteiger partial charge on any atom is -0.493 e. The fourth-order valence-electron chi connectivity index (χ4n) is 2.46. The van der Waals surface area contributed by atoms with Crippen LogP contribution in [0.25, 0.3) is 0 Å². The molecule has 0 radical (unpaired) electrons. The van der Waals surface area contributed by atoms with E-state index in [1.165, 1.54) is 7.11 Å². The zero-order valence-corrected chi connectivity index (χ0v) is 15.3. The Bertz CT molecular complexity index is 946. The maximum absolute atomic E-state index is 14.1. The molecule has 0 bridgehead atoms. The van der Waals surface area contributed by atoms with Crippen LogP contribution >= 0.6 is 11.8 Å². The summed E-state index contributed by atoms with van der Waals surface area (Å²) in [5, 5.41) is 0. The summed E-state index contributed by atoms with van der Waals surface area (Å²) in [6.45, 7) is 0.381. The molecule has 6 heteroatoms. The number of rotatable bonds is 7. The van der Waals surface area contributed by atoms with E-state index in [2.05, 4.69) is 0 Å². The van der Waals surface area contributed by atoms with Gasteiger partial charge in [0.15, 0.2) is 17.8 Å². The molecule has 0 atom stereocenters. The van der Waals surface area contributed by atoms with E-state index in [9.17, 15) is 13.6 Å². The topological polar surface area (TPSA) is 35.5 Å². The van der Waals surface area contributed by atoms with E-state index < -0.39 is 11.6 Å². The average Bonchev–Trinajstić information content (AvgIpc) is 2.69. The van der Waals surface area contributed by atoms with Crippen molar-refractivity contribution in [3.63, 3.8) is 0 Å². The monoisotopic (exact) mass is 386 g/mol. The molecule has 0 aromatic heterocycles. The highest BCUT2D eigenvalue weighted by molar-refractivity contribution is 7.99. The van der Waals surface area contributed by atoms with Gasteiger partial charge in [0.25, 0.3) is 0 Å². The highest BCUT2D eigenvalue weighted by Crippen LogP contribution is 2.38. The number of benzene rings is 3. The molecule has 138 valence electrons. The second kappa shape index (κ2) is 8.68. The lowest BCUT2D eigenvalue weighted by Gasteiger charge is -2.13. The van der Waals surface area contributed by atoms with Crippen LogP contribution in [-0.2, 0) is 6.61 Å². The van der Waals surface area contributed by atoms with Gasteiger partial charge in [0, 0.05) is 16.5 Å². The smallest absolute Gasteiger partial charge is 0.161 e. The van der Waals surface area contributed by atoms with Crippen LogP contribution in [0.2, 0.25) is 0 Å². The maximum atomic E-state index is 14.1. The van der Waals surface area contributed by atoms with Gasteiger partial charge < -0.3 is 9.47 Å². The van der Waals surface area contributed by atoms with Crippen LogP contribution < -0.4 is 9.47 Å². The molecule has 3 aromatic carbocycles. The van der Waals surface area contributed by atoms with Crippen LogP contribution in [0.5, 0.6) is 11.5 Å². The van der Waals surface area contributed by atoms with Crippen molar-refractivity contribution in [3.05, 3.63) is 83.4 Å². The van der Waals surface area contributed by atoms with Crippen molar-refractivity contribution in [1.82, 2.24) is 0 Å². The third-order valence-electron chi connectivity index (χ3n) is 3.76. The molecule has 0 saturated heterocycles. The highest BCUT2D eigenvalue weighted by atomic mass is 32.2. The van der Waals surface area contributed by atoms with Crippen molar-refractivity contribution in [2.45, 2.75) is 16.4 Å². The van der Waals surface area contributed by atoms with Crippen LogP contribution in [0.3, 0.4) is 0 Å². The first-order valence-electron chi connectivity index (χ1n) is 8.07. The zero-order valence-electron chi connectivity index (χ0n) is 14.4. The van der Waals surface area contributed by atoms with Crippen molar-refractivity contribution >= 4 is 18.0 Å². The Hall–Kier alpha value is -2.86. The third kappa shape index (κ3) is 4.65. The van der Waals surface area contributed by atoms with Crippen molar-refractivity contribution < 1.29 is 23.0 Å². The van der Waals surface area contributed by atoms with Gasteiger partial charge in [0.05, 0.1) is 12.0 Å². The van der Waals surface area contributed by atoms with E-state index in [0.29, 0.717) is 29.3 Å². The van der Waals surface area contributed by atoms with Gasteiger partial charge in [0.2, 0.25) is 0 Å². The normalized spacial score (nSPS) is 10.5. The Balaban J connectivity index is 1.81. The van der Waals surface area contributed by atoms with Gasteiger partial charge in [-0.05, 0) is 29.8 Å². The fraction of sp³-hybridized carbons (Fsp3) is 0.0952. The van der Waals surface area contributed by atoms with Gasteiger partial charge in [-0.2, -0.15) is 0 Å². The van der Waals surface area contributed by atoms with Crippen LogP contribution in [0.15, 0.2) is 70.5 Å². The van der Waals surface area contributed by atoms with Crippen molar-refractivity contribution in [3.8, 4) is 11.5 Å². The number of halogens is 2.